The van der Waals surface area contributed by atoms with Crippen molar-refractivity contribution in [1.29, 1.82) is 0 Å². The Morgan fingerprint density at radius 3 is 2.80 bits per heavy atom. The number of carbonyl (C=O) groups is 1. The summed E-state index contributed by atoms with van der Waals surface area (Å²) in [6.07, 6.45) is 2.70. The standard InChI is InChI=1S/C13H15ClFNO3S/c1-2-10-4-3-7-16(10)13(17)9-5-6-11(15)12(8-9)20(14,18)19/h5-6,8,10H,2-4,7H2,1H3. The molecule has 0 aromatic heterocycles. The van der Waals surface area contributed by atoms with Crippen molar-refractivity contribution < 1.29 is 17.6 Å². The monoisotopic (exact) mass is 319 g/mol. The van der Waals surface area contributed by atoms with Gasteiger partial charge < -0.3 is 4.90 Å². The van der Waals surface area contributed by atoms with Crippen molar-refractivity contribution >= 4 is 25.6 Å². The first kappa shape index (κ1) is 15.3. The molecule has 1 aliphatic rings. The third-order valence-electron chi connectivity index (χ3n) is 3.55. The lowest BCUT2D eigenvalue weighted by atomic mass is 10.1. The summed E-state index contributed by atoms with van der Waals surface area (Å²) < 4.78 is 36.0. The fraction of sp³-hybridized carbons (Fsp3) is 0.462. The Morgan fingerprint density at radius 1 is 1.50 bits per heavy atom. The van der Waals surface area contributed by atoms with Gasteiger partial charge in [0.15, 0.2) is 0 Å². The molecular formula is C13H15ClFNO3S. The van der Waals surface area contributed by atoms with Crippen LogP contribution in [-0.2, 0) is 9.05 Å². The lowest BCUT2D eigenvalue weighted by Gasteiger charge is -2.23. The van der Waals surface area contributed by atoms with Gasteiger partial charge in [-0.2, -0.15) is 0 Å². The fourth-order valence-electron chi connectivity index (χ4n) is 2.52. The van der Waals surface area contributed by atoms with E-state index >= 15 is 0 Å². The van der Waals surface area contributed by atoms with Crippen LogP contribution in [0.2, 0.25) is 0 Å². The van der Waals surface area contributed by atoms with Crippen LogP contribution in [0.4, 0.5) is 4.39 Å². The normalized spacial score (nSPS) is 19.4. The Balaban J connectivity index is 2.36. The molecule has 1 aromatic carbocycles. The second kappa shape index (κ2) is 5.69. The molecule has 0 aliphatic carbocycles. The maximum absolute atomic E-state index is 13.5. The molecule has 0 radical (unpaired) electrons. The molecule has 1 heterocycles. The number of hydrogen-bond donors (Lipinski definition) is 0. The number of halogens is 2. The maximum Gasteiger partial charge on any atom is 0.264 e. The highest BCUT2D eigenvalue weighted by molar-refractivity contribution is 8.13. The van der Waals surface area contributed by atoms with E-state index in [0.717, 1.165) is 31.4 Å². The van der Waals surface area contributed by atoms with Crippen molar-refractivity contribution in [3.63, 3.8) is 0 Å². The second-order valence-electron chi connectivity index (χ2n) is 4.79. The van der Waals surface area contributed by atoms with E-state index in [-0.39, 0.29) is 17.5 Å². The third-order valence-corrected chi connectivity index (χ3v) is 4.89. The maximum atomic E-state index is 13.5. The summed E-state index contributed by atoms with van der Waals surface area (Å²) >= 11 is 0. The molecule has 1 aromatic rings. The van der Waals surface area contributed by atoms with Gasteiger partial charge in [0, 0.05) is 28.8 Å². The summed E-state index contributed by atoms with van der Waals surface area (Å²) in [6.45, 7) is 2.63. The second-order valence-corrected chi connectivity index (χ2v) is 7.32. The first-order valence-electron chi connectivity index (χ1n) is 6.39. The number of likely N-dealkylation sites (tertiary alicyclic amines) is 1. The molecule has 0 saturated carbocycles. The van der Waals surface area contributed by atoms with Crippen molar-refractivity contribution in [1.82, 2.24) is 4.90 Å². The van der Waals surface area contributed by atoms with Gasteiger partial charge in [-0.05, 0) is 37.5 Å². The van der Waals surface area contributed by atoms with Crippen LogP contribution in [0.5, 0.6) is 0 Å². The van der Waals surface area contributed by atoms with E-state index in [0.29, 0.717) is 6.54 Å². The lowest BCUT2D eigenvalue weighted by Crippen LogP contribution is -2.35. The lowest BCUT2D eigenvalue weighted by molar-refractivity contribution is 0.0733. The average Bonchev–Trinajstić information content (AvgIpc) is 2.85. The summed E-state index contributed by atoms with van der Waals surface area (Å²) in [6, 6.07) is 3.40. The average molecular weight is 320 g/mol. The van der Waals surface area contributed by atoms with Crippen LogP contribution in [-0.4, -0.2) is 31.8 Å². The van der Waals surface area contributed by atoms with E-state index in [1.54, 1.807) is 4.90 Å². The number of rotatable bonds is 3. The van der Waals surface area contributed by atoms with Crippen LogP contribution in [0, 0.1) is 5.82 Å². The fourth-order valence-corrected chi connectivity index (χ4v) is 3.44. The molecule has 1 fully saturated rings. The first-order valence-corrected chi connectivity index (χ1v) is 8.70. The number of benzene rings is 1. The minimum absolute atomic E-state index is 0.144. The van der Waals surface area contributed by atoms with Gasteiger partial charge >= 0.3 is 0 Å². The highest BCUT2D eigenvalue weighted by Crippen LogP contribution is 2.25. The predicted octanol–water partition coefficient (Wildman–Crippen LogP) is 2.77. The van der Waals surface area contributed by atoms with Gasteiger partial charge in [0.25, 0.3) is 15.0 Å². The Hall–Kier alpha value is -1.14. The summed E-state index contributed by atoms with van der Waals surface area (Å²) in [4.78, 5) is 13.4. The van der Waals surface area contributed by atoms with E-state index in [2.05, 4.69) is 0 Å². The third kappa shape index (κ3) is 2.96. The number of nitrogens with zero attached hydrogens (tertiary/aromatic N) is 1. The zero-order valence-corrected chi connectivity index (χ0v) is 12.5. The summed E-state index contributed by atoms with van der Waals surface area (Å²) in [7, 11) is 0.958. The van der Waals surface area contributed by atoms with E-state index in [4.69, 9.17) is 10.7 Å². The molecule has 1 atom stereocenters. The molecule has 0 bridgehead atoms. The zero-order chi connectivity index (χ0) is 14.9. The van der Waals surface area contributed by atoms with Crippen LogP contribution in [0.15, 0.2) is 23.1 Å². The molecule has 0 N–H and O–H groups in total. The van der Waals surface area contributed by atoms with Crippen molar-refractivity contribution in [2.45, 2.75) is 37.1 Å². The Morgan fingerprint density at radius 2 is 2.20 bits per heavy atom. The first-order chi connectivity index (χ1) is 9.34. The Labute approximate surface area is 121 Å². The highest BCUT2D eigenvalue weighted by atomic mass is 35.7. The van der Waals surface area contributed by atoms with Crippen LogP contribution in [0.3, 0.4) is 0 Å². The SMILES string of the molecule is CCC1CCCN1C(=O)c1ccc(F)c(S(=O)(=O)Cl)c1. The van der Waals surface area contributed by atoms with Crippen LogP contribution in [0.25, 0.3) is 0 Å². The number of amides is 1. The molecule has 1 amide bonds. The molecule has 1 aliphatic heterocycles. The highest BCUT2D eigenvalue weighted by Gasteiger charge is 2.29. The van der Waals surface area contributed by atoms with Gasteiger partial charge in [-0.3, -0.25) is 4.79 Å². The predicted molar refractivity (Wildman–Crippen MR) is 73.8 cm³/mol. The van der Waals surface area contributed by atoms with Gasteiger partial charge in [0.05, 0.1) is 0 Å². The van der Waals surface area contributed by atoms with Gasteiger partial charge in [-0.15, -0.1) is 0 Å². The van der Waals surface area contributed by atoms with Crippen molar-refractivity contribution in [3.05, 3.63) is 29.6 Å². The van der Waals surface area contributed by atoms with E-state index < -0.39 is 19.8 Å². The van der Waals surface area contributed by atoms with Crippen molar-refractivity contribution in [2.24, 2.45) is 0 Å². The summed E-state index contributed by atoms with van der Waals surface area (Å²) in [5.74, 6) is -1.24. The molecular weight excluding hydrogens is 305 g/mol. The molecule has 0 spiro atoms. The Kier molecular flexibility index (Phi) is 4.34. The number of carbonyl (C=O) groups excluding carboxylic acids is 1. The van der Waals surface area contributed by atoms with Crippen LogP contribution >= 0.6 is 10.7 Å². The largest absolute Gasteiger partial charge is 0.336 e. The van der Waals surface area contributed by atoms with Crippen LogP contribution < -0.4 is 0 Å². The van der Waals surface area contributed by atoms with Gasteiger partial charge in [0.1, 0.15) is 10.7 Å². The molecule has 2 rings (SSSR count). The molecule has 1 saturated heterocycles. The van der Waals surface area contributed by atoms with Crippen molar-refractivity contribution in [3.8, 4) is 0 Å². The molecule has 7 heteroatoms. The summed E-state index contributed by atoms with van der Waals surface area (Å²) in [5, 5.41) is 0. The van der Waals surface area contributed by atoms with E-state index in [1.165, 1.54) is 6.07 Å². The topological polar surface area (TPSA) is 54.5 Å². The summed E-state index contributed by atoms with van der Waals surface area (Å²) in [5.41, 5.74) is 0.144. The van der Waals surface area contributed by atoms with Gasteiger partial charge in [-0.1, -0.05) is 6.92 Å². The van der Waals surface area contributed by atoms with Gasteiger partial charge in [0.2, 0.25) is 0 Å². The molecule has 20 heavy (non-hydrogen) atoms. The van der Waals surface area contributed by atoms with E-state index in [9.17, 15) is 17.6 Å². The van der Waals surface area contributed by atoms with E-state index in [1.807, 2.05) is 6.92 Å². The zero-order valence-electron chi connectivity index (χ0n) is 11.0. The van der Waals surface area contributed by atoms with Crippen LogP contribution in [0.1, 0.15) is 36.5 Å². The molecule has 4 nitrogen and oxygen atoms in total. The van der Waals surface area contributed by atoms with Gasteiger partial charge in [-0.25, -0.2) is 12.8 Å². The minimum Gasteiger partial charge on any atom is -0.336 e. The number of hydrogen-bond acceptors (Lipinski definition) is 3. The minimum atomic E-state index is -4.21. The molecule has 1 unspecified atom stereocenters. The van der Waals surface area contributed by atoms with Crippen molar-refractivity contribution in [2.75, 3.05) is 6.54 Å². The molecule has 110 valence electrons. The Bertz CT molecular complexity index is 633. The quantitative estimate of drug-likeness (QED) is 0.805. The smallest absolute Gasteiger partial charge is 0.264 e.